The molecule has 3 aromatic carbocycles. The smallest absolute Gasteiger partial charge is 0.206 e. The number of thiazole rings is 1. The second-order valence-corrected chi connectivity index (χ2v) is 10.5. The molecule has 2 aromatic heterocycles. The molecule has 0 radical (unpaired) electrons. The average Bonchev–Trinajstić information content (AvgIpc) is 3.35. The molecule has 0 amide bonds. The molecule has 0 saturated heterocycles. The highest BCUT2D eigenvalue weighted by Gasteiger charge is 2.26. The summed E-state index contributed by atoms with van der Waals surface area (Å²) in [5.74, 6) is -0.273. The number of thiophene rings is 1. The number of fused-ring (bicyclic) bond motifs is 1. The molecule has 0 saturated carbocycles. The van der Waals surface area contributed by atoms with Gasteiger partial charge < -0.3 is 11.1 Å². The van der Waals surface area contributed by atoms with Crippen molar-refractivity contribution in [2.24, 2.45) is 0 Å². The summed E-state index contributed by atoms with van der Waals surface area (Å²) in [5, 5.41) is 6.17. The second kappa shape index (κ2) is 8.97. The van der Waals surface area contributed by atoms with Crippen molar-refractivity contribution in [1.29, 1.82) is 0 Å². The van der Waals surface area contributed by atoms with E-state index < -0.39 is 0 Å². The van der Waals surface area contributed by atoms with Crippen molar-refractivity contribution in [2.45, 2.75) is 0 Å². The third kappa shape index (κ3) is 4.33. The molecule has 3 N–H and O–H groups in total. The zero-order valence-electron chi connectivity index (χ0n) is 16.7. The summed E-state index contributed by atoms with van der Waals surface area (Å²) in [6.07, 6.45) is 0. The fraction of sp³-hybridized carbons (Fsp3) is 0. The van der Waals surface area contributed by atoms with Crippen LogP contribution in [0.3, 0.4) is 0 Å². The third-order valence-corrected chi connectivity index (χ3v) is 7.91. The predicted molar refractivity (Wildman–Crippen MR) is 142 cm³/mol. The van der Waals surface area contributed by atoms with Gasteiger partial charge in [-0.3, -0.25) is 4.79 Å². The Labute approximate surface area is 212 Å². The van der Waals surface area contributed by atoms with Crippen LogP contribution in [0.25, 0.3) is 20.8 Å². The van der Waals surface area contributed by atoms with Crippen LogP contribution in [-0.4, -0.2) is 10.8 Å². The van der Waals surface area contributed by atoms with Crippen molar-refractivity contribution in [3.05, 3.63) is 92.2 Å². The van der Waals surface area contributed by atoms with Crippen LogP contribution in [0.15, 0.2) is 66.7 Å². The van der Waals surface area contributed by atoms with Gasteiger partial charge >= 0.3 is 0 Å². The van der Waals surface area contributed by atoms with Crippen molar-refractivity contribution < 1.29 is 4.79 Å². The number of para-hydroxylation sites is 1. The molecule has 4 nitrogen and oxygen atoms in total. The number of carbonyl (C=O) groups is 1. The Kier molecular flexibility index (Phi) is 6.03. The van der Waals surface area contributed by atoms with Crippen molar-refractivity contribution in [3.63, 3.8) is 0 Å². The van der Waals surface area contributed by atoms with E-state index in [-0.39, 0.29) is 10.8 Å². The van der Waals surface area contributed by atoms with E-state index in [1.165, 1.54) is 22.7 Å². The van der Waals surface area contributed by atoms with E-state index in [4.69, 9.17) is 45.5 Å². The number of nitrogens with zero attached hydrogens (tertiary/aromatic N) is 1. The maximum atomic E-state index is 13.4. The first-order valence-corrected chi connectivity index (χ1v) is 12.5. The number of hydrogen-bond acceptors (Lipinski definition) is 6. The number of rotatable bonds is 5. The van der Waals surface area contributed by atoms with E-state index in [0.29, 0.717) is 36.7 Å². The Morgan fingerprint density at radius 2 is 1.64 bits per heavy atom. The summed E-state index contributed by atoms with van der Waals surface area (Å²) in [6.45, 7) is 0. The number of halogens is 3. The number of nitrogens with one attached hydrogen (secondary N) is 1. The van der Waals surface area contributed by atoms with Crippen molar-refractivity contribution in [1.82, 2.24) is 4.98 Å². The van der Waals surface area contributed by atoms with Gasteiger partial charge in [0.15, 0.2) is 0 Å². The van der Waals surface area contributed by atoms with Crippen LogP contribution >= 0.6 is 57.5 Å². The molecule has 0 aliphatic rings. The zero-order valence-corrected chi connectivity index (χ0v) is 20.6. The maximum Gasteiger partial charge on any atom is 0.206 e. The number of anilines is 3. The Morgan fingerprint density at radius 3 is 2.36 bits per heavy atom. The van der Waals surface area contributed by atoms with Gasteiger partial charge in [-0.1, -0.05) is 46.9 Å². The quantitative estimate of drug-likeness (QED) is 0.223. The van der Waals surface area contributed by atoms with Gasteiger partial charge in [0, 0.05) is 21.3 Å². The lowest BCUT2D eigenvalue weighted by molar-refractivity contribution is 0.104. The SMILES string of the molecule is Nc1c(C(=O)c2ccc(Cl)cc2Cl)sc(Nc2ccc(Cl)cc2)c1-c1nc2ccccc2s1. The van der Waals surface area contributed by atoms with Gasteiger partial charge in [-0.05, 0) is 54.6 Å². The van der Waals surface area contributed by atoms with Crippen LogP contribution in [-0.2, 0) is 0 Å². The van der Waals surface area contributed by atoms with Crippen LogP contribution in [0.1, 0.15) is 15.2 Å². The number of hydrogen-bond donors (Lipinski definition) is 2. The first-order chi connectivity index (χ1) is 15.9. The lowest BCUT2D eigenvalue weighted by Crippen LogP contribution is -2.03. The Bertz CT molecular complexity index is 1480. The topological polar surface area (TPSA) is 68.0 Å². The summed E-state index contributed by atoms with van der Waals surface area (Å²) in [7, 11) is 0. The molecule has 2 heterocycles. The van der Waals surface area contributed by atoms with E-state index in [0.717, 1.165) is 20.9 Å². The monoisotopic (exact) mass is 529 g/mol. The highest BCUT2D eigenvalue weighted by atomic mass is 35.5. The minimum Gasteiger partial charge on any atom is -0.397 e. The molecule has 0 atom stereocenters. The average molecular weight is 531 g/mol. The highest BCUT2D eigenvalue weighted by molar-refractivity contribution is 7.23. The number of aromatic nitrogens is 1. The van der Waals surface area contributed by atoms with E-state index in [2.05, 4.69) is 5.32 Å². The number of benzene rings is 3. The predicted octanol–water partition coefficient (Wildman–Crippen LogP) is 8.54. The molecule has 5 rings (SSSR count). The fourth-order valence-corrected chi connectivity index (χ4v) is 6.16. The first kappa shape index (κ1) is 22.2. The molecule has 0 bridgehead atoms. The molecule has 0 aliphatic carbocycles. The summed E-state index contributed by atoms with van der Waals surface area (Å²) in [5.41, 5.74) is 9.64. The number of ketones is 1. The maximum absolute atomic E-state index is 13.4. The van der Waals surface area contributed by atoms with Gasteiger partial charge in [-0.15, -0.1) is 22.7 Å². The second-order valence-electron chi connectivity index (χ2n) is 7.12. The largest absolute Gasteiger partial charge is 0.397 e. The molecule has 164 valence electrons. The third-order valence-electron chi connectivity index (χ3n) is 4.94. The molecule has 0 aliphatic heterocycles. The number of nitrogen functional groups attached to an aromatic ring is 1. The number of nitrogens with two attached hydrogens (primary N) is 1. The normalized spacial score (nSPS) is 11.1. The zero-order chi connectivity index (χ0) is 23.1. The van der Waals surface area contributed by atoms with Crippen molar-refractivity contribution in [3.8, 4) is 10.6 Å². The van der Waals surface area contributed by atoms with Gasteiger partial charge in [0.2, 0.25) is 5.78 Å². The van der Waals surface area contributed by atoms with Crippen LogP contribution in [0.5, 0.6) is 0 Å². The first-order valence-electron chi connectivity index (χ1n) is 9.71. The molecule has 0 fully saturated rings. The highest BCUT2D eigenvalue weighted by Crippen LogP contribution is 2.47. The van der Waals surface area contributed by atoms with Gasteiger partial charge in [-0.25, -0.2) is 4.98 Å². The molecule has 0 unspecified atom stereocenters. The Hall–Kier alpha value is -2.61. The Morgan fingerprint density at radius 1 is 0.909 bits per heavy atom. The van der Waals surface area contributed by atoms with Crippen molar-refractivity contribution >= 4 is 89.9 Å². The van der Waals surface area contributed by atoms with E-state index >= 15 is 0 Å². The summed E-state index contributed by atoms with van der Waals surface area (Å²) < 4.78 is 1.03. The van der Waals surface area contributed by atoms with Gasteiger partial charge in [0.05, 0.1) is 26.5 Å². The lowest BCUT2D eigenvalue weighted by atomic mass is 10.1. The van der Waals surface area contributed by atoms with Crippen LogP contribution in [0, 0.1) is 0 Å². The molecular weight excluding hydrogens is 517 g/mol. The van der Waals surface area contributed by atoms with E-state index in [1.54, 1.807) is 30.3 Å². The van der Waals surface area contributed by atoms with Gasteiger partial charge in [0.1, 0.15) is 14.9 Å². The van der Waals surface area contributed by atoms with Crippen LogP contribution < -0.4 is 11.1 Å². The molecule has 0 spiro atoms. The Balaban J connectivity index is 1.66. The van der Waals surface area contributed by atoms with Crippen molar-refractivity contribution in [2.75, 3.05) is 11.1 Å². The van der Waals surface area contributed by atoms with E-state index in [9.17, 15) is 4.79 Å². The molecule has 9 heteroatoms. The minimum atomic E-state index is -0.273. The van der Waals surface area contributed by atoms with E-state index in [1.807, 2.05) is 36.4 Å². The minimum absolute atomic E-state index is 0.272. The fourth-order valence-electron chi connectivity index (χ4n) is 3.35. The van der Waals surface area contributed by atoms with Gasteiger partial charge in [0.25, 0.3) is 0 Å². The van der Waals surface area contributed by atoms with Gasteiger partial charge in [-0.2, -0.15) is 0 Å². The molecule has 33 heavy (non-hydrogen) atoms. The standard InChI is InChI=1S/C24H14Cl3N3OS2/c25-12-5-8-14(9-6-12)29-23-19(24-30-17-3-1-2-4-18(17)32-24)20(28)22(33-23)21(31)15-10-7-13(26)11-16(15)27/h1-11,29H,28H2. The summed E-state index contributed by atoms with van der Waals surface area (Å²) in [6, 6.07) is 19.9. The summed E-state index contributed by atoms with van der Waals surface area (Å²) >= 11 is 21.1. The molecular formula is C24H14Cl3N3OS2. The number of carbonyl (C=O) groups excluding carboxylic acids is 1. The lowest BCUT2D eigenvalue weighted by Gasteiger charge is -2.06. The molecule has 5 aromatic rings. The van der Waals surface area contributed by atoms with Crippen LogP contribution in [0.2, 0.25) is 15.1 Å². The van der Waals surface area contributed by atoms with Crippen LogP contribution in [0.4, 0.5) is 16.4 Å². The summed E-state index contributed by atoms with van der Waals surface area (Å²) in [4.78, 5) is 18.5.